The lowest BCUT2D eigenvalue weighted by Crippen LogP contribution is -2.18. The van der Waals surface area contributed by atoms with Crippen LogP contribution in [0.3, 0.4) is 0 Å². The molecule has 3 nitrogen and oxygen atoms in total. The molecule has 0 fully saturated rings. The molecule has 0 aliphatic heterocycles. The van der Waals surface area contributed by atoms with Gasteiger partial charge in [-0.15, -0.1) is 0 Å². The zero-order valence-corrected chi connectivity index (χ0v) is 16.6. The van der Waals surface area contributed by atoms with Crippen molar-refractivity contribution >= 4 is 11.7 Å². The molecule has 3 heteroatoms. The fourth-order valence-electron chi connectivity index (χ4n) is 2.89. The van der Waals surface area contributed by atoms with Gasteiger partial charge in [0.1, 0.15) is 0 Å². The third-order valence-corrected chi connectivity index (χ3v) is 4.62. The largest absolute Gasteiger partial charge is 0.462 e. The Morgan fingerprint density at radius 2 is 1.40 bits per heavy atom. The maximum atomic E-state index is 12.1. The number of ether oxygens (including phenoxy) is 1. The molecule has 0 atom stereocenters. The van der Waals surface area contributed by atoms with Crippen molar-refractivity contribution in [3.8, 4) is 0 Å². The van der Waals surface area contributed by atoms with Gasteiger partial charge in [0.15, 0.2) is 0 Å². The summed E-state index contributed by atoms with van der Waals surface area (Å²) in [7, 11) is 2.11. The van der Waals surface area contributed by atoms with E-state index in [1.54, 1.807) is 0 Å². The first kappa shape index (κ1) is 21.5. The van der Waals surface area contributed by atoms with E-state index in [1.165, 1.54) is 51.4 Å². The lowest BCUT2D eigenvalue weighted by molar-refractivity contribution is 0.0497. The minimum absolute atomic E-state index is 0.204. The van der Waals surface area contributed by atoms with Gasteiger partial charge in [0.2, 0.25) is 0 Å². The molecule has 0 aliphatic rings. The van der Waals surface area contributed by atoms with E-state index in [2.05, 4.69) is 25.8 Å². The Balaban J connectivity index is 2.28. The predicted octanol–water partition coefficient (Wildman–Crippen LogP) is 6.22. The van der Waals surface area contributed by atoms with Crippen LogP contribution in [0.5, 0.6) is 0 Å². The Hall–Kier alpha value is -1.51. The Labute approximate surface area is 154 Å². The number of hydrogen-bond donors (Lipinski definition) is 0. The maximum absolute atomic E-state index is 12.1. The summed E-state index contributed by atoms with van der Waals surface area (Å²) < 4.78 is 5.36. The van der Waals surface area contributed by atoms with Crippen LogP contribution in [0, 0.1) is 0 Å². The fourth-order valence-corrected chi connectivity index (χ4v) is 2.89. The molecule has 1 aromatic carbocycles. The lowest BCUT2D eigenvalue weighted by Gasteiger charge is -2.19. The Morgan fingerprint density at radius 1 is 0.840 bits per heavy atom. The zero-order chi connectivity index (χ0) is 18.3. The van der Waals surface area contributed by atoms with Gasteiger partial charge in [-0.3, -0.25) is 0 Å². The molecule has 0 N–H and O–H groups in total. The van der Waals surface area contributed by atoms with Crippen molar-refractivity contribution in [2.45, 2.75) is 78.1 Å². The number of benzene rings is 1. The first-order chi connectivity index (χ1) is 12.2. The Kier molecular flexibility index (Phi) is 11.8. The summed E-state index contributed by atoms with van der Waals surface area (Å²) in [5.74, 6) is -0.204. The SMILES string of the molecule is CCCCCCCOC(=O)c1ccc(N(C)CCCCCCC)cc1. The zero-order valence-electron chi connectivity index (χ0n) is 16.6. The average Bonchev–Trinajstić information content (AvgIpc) is 2.64. The Bertz CT molecular complexity index is 456. The molecule has 0 saturated carbocycles. The molecule has 1 aromatic rings. The van der Waals surface area contributed by atoms with Crippen LogP contribution >= 0.6 is 0 Å². The number of carbonyl (C=O) groups is 1. The number of hydrogen-bond acceptors (Lipinski definition) is 3. The van der Waals surface area contributed by atoms with E-state index in [0.717, 1.165) is 25.1 Å². The van der Waals surface area contributed by atoms with Crippen molar-refractivity contribution in [1.82, 2.24) is 0 Å². The van der Waals surface area contributed by atoms with Crippen LogP contribution in [-0.4, -0.2) is 26.2 Å². The van der Waals surface area contributed by atoms with Gasteiger partial charge in [-0.1, -0.05) is 65.2 Å². The first-order valence-electron chi connectivity index (χ1n) is 10.2. The summed E-state index contributed by atoms with van der Waals surface area (Å²) in [6.07, 6.45) is 12.3. The van der Waals surface area contributed by atoms with Crippen LogP contribution in [-0.2, 0) is 4.74 Å². The summed E-state index contributed by atoms with van der Waals surface area (Å²) in [5, 5.41) is 0. The summed E-state index contributed by atoms with van der Waals surface area (Å²) in [6.45, 7) is 6.03. The number of rotatable bonds is 14. The molecule has 0 saturated heterocycles. The lowest BCUT2D eigenvalue weighted by atomic mass is 10.1. The third kappa shape index (κ3) is 9.52. The highest BCUT2D eigenvalue weighted by Crippen LogP contribution is 2.16. The molecule has 0 unspecified atom stereocenters. The molecule has 0 bridgehead atoms. The van der Waals surface area contributed by atoms with E-state index >= 15 is 0 Å². The average molecular weight is 348 g/mol. The van der Waals surface area contributed by atoms with Crippen LogP contribution in [0.2, 0.25) is 0 Å². The number of carbonyl (C=O) groups excluding carboxylic acids is 1. The van der Waals surface area contributed by atoms with E-state index in [9.17, 15) is 4.79 Å². The van der Waals surface area contributed by atoms with E-state index < -0.39 is 0 Å². The summed E-state index contributed by atoms with van der Waals surface area (Å²) >= 11 is 0. The van der Waals surface area contributed by atoms with Crippen molar-refractivity contribution in [1.29, 1.82) is 0 Å². The highest BCUT2D eigenvalue weighted by atomic mass is 16.5. The molecule has 0 radical (unpaired) electrons. The molecule has 0 aliphatic carbocycles. The molecule has 0 spiro atoms. The van der Waals surface area contributed by atoms with Gasteiger partial charge in [0.25, 0.3) is 0 Å². The van der Waals surface area contributed by atoms with Crippen LogP contribution in [0.4, 0.5) is 5.69 Å². The third-order valence-electron chi connectivity index (χ3n) is 4.62. The summed E-state index contributed by atoms with van der Waals surface area (Å²) in [4.78, 5) is 14.3. The van der Waals surface area contributed by atoms with Crippen LogP contribution in [0.1, 0.15) is 88.4 Å². The Morgan fingerprint density at radius 3 is 2.00 bits per heavy atom. The molecule has 142 valence electrons. The first-order valence-corrected chi connectivity index (χ1v) is 10.2. The van der Waals surface area contributed by atoms with E-state index in [-0.39, 0.29) is 5.97 Å². The van der Waals surface area contributed by atoms with E-state index in [1.807, 2.05) is 24.3 Å². The van der Waals surface area contributed by atoms with Gasteiger partial charge < -0.3 is 9.64 Å². The number of nitrogens with zero attached hydrogens (tertiary/aromatic N) is 1. The summed E-state index contributed by atoms with van der Waals surface area (Å²) in [5.41, 5.74) is 1.81. The van der Waals surface area contributed by atoms with Gasteiger partial charge in [0.05, 0.1) is 12.2 Å². The topological polar surface area (TPSA) is 29.5 Å². The van der Waals surface area contributed by atoms with Gasteiger partial charge in [-0.05, 0) is 37.1 Å². The second-order valence-electron chi connectivity index (χ2n) is 6.93. The van der Waals surface area contributed by atoms with Gasteiger partial charge in [-0.25, -0.2) is 4.79 Å². The van der Waals surface area contributed by atoms with Gasteiger partial charge >= 0.3 is 5.97 Å². The molecule has 1 rings (SSSR count). The van der Waals surface area contributed by atoms with Crippen molar-refractivity contribution in [3.05, 3.63) is 29.8 Å². The number of esters is 1. The van der Waals surface area contributed by atoms with E-state index in [0.29, 0.717) is 12.2 Å². The van der Waals surface area contributed by atoms with Crippen molar-refractivity contribution in [3.63, 3.8) is 0 Å². The molecule has 0 aromatic heterocycles. The van der Waals surface area contributed by atoms with E-state index in [4.69, 9.17) is 4.74 Å². The standard InChI is InChI=1S/C22H37NO2/c1-4-6-8-10-12-18-23(3)21-16-14-20(15-17-21)22(24)25-19-13-11-9-7-5-2/h14-17H,4-13,18-19H2,1-3H3. The predicted molar refractivity (Wildman–Crippen MR) is 108 cm³/mol. The highest BCUT2D eigenvalue weighted by molar-refractivity contribution is 5.89. The van der Waals surface area contributed by atoms with Crippen LogP contribution < -0.4 is 4.90 Å². The van der Waals surface area contributed by atoms with Gasteiger partial charge in [-0.2, -0.15) is 0 Å². The maximum Gasteiger partial charge on any atom is 0.338 e. The second kappa shape index (κ2) is 13.7. The molecular weight excluding hydrogens is 310 g/mol. The van der Waals surface area contributed by atoms with Crippen LogP contribution in [0.15, 0.2) is 24.3 Å². The minimum atomic E-state index is -0.204. The smallest absolute Gasteiger partial charge is 0.338 e. The van der Waals surface area contributed by atoms with Crippen molar-refractivity contribution in [2.24, 2.45) is 0 Å². The minimum Gasteiger partial charge on any atom is -0.462 e. The molecule has 0 heterocycles. The fraction of sp³-hybridized carbons (Fsp3) is 0.682. The van der Waals surface area contributed by atoms with Crippen LogP contribution in [0.25, 0.3) is 0 Å². The number of unbranched alkanes of at least 4 members (excludes halogenated alkanes) is 8. The van der Waals surface area contributed by atoms with Gasteiger partial charge in [0, 0.05) is 19.3 Å². The molecule has 0 amide bonds. The highest BCUT2D eigenvalue weighted by Gasteiger charge is 2.08. The molecular formula is C22H37NO2. The molecule has 25 heavy (non-hydrogen) atoms. The normalized spacial score (nSPS) is 10.7. The second-order valence-corrected chi connectivity index (χ2v) is 6.93. The quantitative estimate of drug-likeness (QED) is 0.295. The number of anilines is 1. The van der Waals surface area contributed by atoms with Crippen molar-refractivity contribution in [2.75, 3.05) is 25.1 Å². The summed E-state index contributed by atoms with van der Waals surface area (Å²) in [6, 6.07) is 7.79. The monoisotopic (exact) mass is 347 g/mol. The van der Waals surface area contributed by atoms with Crippen molar-refractivity contribution < 1.29 is 9.53 Å².